The van der Waals surface area contributed by atoms with Crippen molar-refractivity contribution in [3.05, 3.63) is 54.6 Å². The number of methoxy groups -OCH3 is 1. The Hall–Kier alpha value is -2.53. The van der Waals surface area contributed by atoms with Gasteiger partial charge in [-0.05, 0) is 31.2 Å². The van der Waals surface area contributed by atoms with Crippen LogP contribution in [0.3, 0.4) is 0 Å². The third kappa shape index (κ3) is 4.99. The average Bonchev–Trinajstić information content (AvgIpc) is 2.62. The number of likely N-dealkylation sites (N-methyl/N-ethyl adjacent to an activating group) is 1. The summed E-state index contributed by atoms with van der Waals surface area (Å²) in [4.78, 5) is 13.5. The number of ether oxygens (including phenoxy) is 2. The Bertz CT molecular complexity index is 646. The van der Waals surface area contributed by atoms with Crippen molar-refractivity contribution < 1.29 is 19.2 Å². The van der Waals surface area contributed by atoms with Crippen molar-refractivity contribution in [1.29, 1.82) is 0 Å². The van der Waals surface area contributed by atoms with Gasteiger partial charge in [-0.15, -0.1) is 0 Å². The number of rotatable bonds is 8. The highest BCUT2D eigenvalue weighted by Crippen LogP contribution is 2.22. The molecule has 0 aliphatic carbocycles. The maximum atomic E-state index is 12.4. The molecule has 0 bridgehead atoms. The Balaban J connectivity index is 1.83. The molecule has 0 aliphatic heterocycles. The first kappa shape index (κ1) is 17.8. The number of anilines is 1. The largest absolute Gasteiger partial charge is 0.495 e. The summed E-state index contributed by atoms with van der Waals surface area (Å²) in [6.07, 6.45) is 0. The summed E-state index contributed by atoms with van der Waals surface area (Å²) in [7, 11) is 3.58. The lowest BCUT2D eigenvalue weighted by molar-refractivity contribution is -0.894. The van der Waals surface area contributed by atoms with Gasteiger partial charge in [0.15, 0.2) is 6.04 Å². The molecule has 1 unspecified atom stereocenters. The van der Waals surface area contributed by atoms with E-state index in [4.69, 9.17) is 9.47 Å². The number of carbonyl (C=O) groups excluding carboxylic acids is 1. The second kappa shape index (κ2) is 8.93. The molecule has 0 aliphatic rings. The third-order valence-electron chi connectivity index (χ3n) is 4.01. The molecule has 0 radical (unpaired) electrons. The number of benzene rings is 2. The van der Waals surface area contributed by atoms with Crippen LogP contribution in [0.15, 0.2) is 54.6 Å². The minimum atomic E-state index is -0.200. The summed E-state index contributed by atoms with van der Waals surface area (Å²) < 4.78 is 10.9. The van der Waals surface area contributed by atoms with E-state index >= 15 is 0 Å². The molecule has 2 rings (SSSR count). The molecule has 2 N–H and O–H groups in total. The molecule has 0 aromatic heterocycles. The fourth-order valence-electron chi connectivity index (χ4n) is 2.28. The van der Waals surface area contributed by atoms with Gasteiger partial charge >= 0.3 is 0 Å². The number of carbonyl (C=O) groups is 1. The number of hydrogen-bond donors (Lipinski definition) is 2. The van der Waals surface area contributed by atoms with Crippen molar-refractivity contribution in [3.8, 4) is 11.5 Å². The second-order valence-electron chi connectivity index (χ2n) is 5.67. The van der Waals surface area contributed by atoms with Crippen molar-refractivity contribution in [2.75, 3.05) is 32.6 Å². The number of nitrogens with one attached hydrogen (secondary N) is 2. The monoisotopic (exact) mass is 329 g/mol. The lowest BCUT2D eigenvalue weighted by Crippen LogP contribution is -3.14. The quantitative estimate of drug-likeness (QED) is 0.774. The summed E-state index contributed by atoms with van der Waals surface area (Å²) in [6.45, 7) is 3.19. The molecule has 2 atom stereocenters. The number of para-hydroxylation sites is 3. The molecule has 5 heteroatoms. The summed E-state index contributed by atoms with van der Waals surface area (Å²) in [6, 6.07) is 16.9. The first-order valence-electron chi connectivity index (χ1n) is 8.06. The van der Waals surface area contributed by atoms with Crippen LogP contribution >= 0.6 is 0 Å². The zero-order valence-electron chi connectivity index (χ0n) is 14.4. The SMILES string of the molecule is COc1ccccc1NC(=O)[C@@H](C)[NH+](C)CCOc1ccccc1. The van der Waals surface area contributed by atoms with E-state index in [0.29, 0.717) is 18.0 Å². The molecule has 0 fully saturated rings. The van der Waals surface area contributed by atoms with Crippen molar-refractivity contribution in [1.82, 2.24) is 0 Å². The van der Waals surface area contributed by atoms with Gasteiger partial charge in [-0.25, -0.2) is 0 Å². The van der Waals surface area contributed by atoms with E-state index in [1.54, 1.807) is 7.11 Å². The topological polar surface area (TPSA) is 52.0 Å². The van der Waals surface area contributed by atoms with Crippen LogP contribution in [-0.2, 0) is 4.79 Å². The van der Waals surface area contributed by atoms with Crippen molar-refractivity contribution in [2.24, 2.45) is 0 Å². The number of hydrogen-bond acceptors (Lipinski definition) is 3. The van der Waals surface area contributed by atoms with Crippen LogP contribution in [0.2, 0.25) is 0 Å². The molecule has 0 spiro atoms. The minimum Gasteiger partial charge on any atom is -0.495 e. The Morgan fingerprint density at radius 2 is 1.79 bits per heavy atom. The van der Waals surface area contributed by atoms with E-state index < -0.39 is 0 Å². The first-order valence-corrected chi connectivity index (χ1v) is 8.06. The highest BCUT2D eigenvalue weighted by atomic mass is 16.5. The van der Waals surface area contributed by atoms with Crippen LogP contribution < -0.4 is 19.7 Å². The van der Waals surface area contributed by atoms with Gasteiger partial charge in [0, 0.05) is 0 Å². The summed E-state index contributed by atoms with van der Waals surface area (Å²) in [5, 5.41) is 2.92. The molecule has 0 heterocycles. The minimum absolute atomic E-state index is 0.0447. The van der Waals surface area contributed by atoms with E-state index in [2.05, 4.69) is 5.32 Å². The van der Waals surface area contributed by atoms with Gasteiger partial charge < -0.3 is 19.7 Å². The fourth-order valence-corrected chi connectivity index (χ4v) is 2.28. The van der Waals surface area contributed by atoms with Crippen molar-refractivity contribution >= 4 is 11.6 Å². The highest BCUT2D eigenvalue weighted by molar-refractivity contribution is 5.94. The second-order valence-corrected chi connectivity index (χ2v) is 5.67. The van der Waals surface area contributed by atoms with Crippen LogP contribution in [0.1, 0.15) is 6.92 Å². The normalized spacial score (nSPS) is 13.0. The molecule has 5 nitrogen and oxygen atoms in total. The molecule has 2 aromatic carbocycles. The van der Waals surface area contributed by atoms with Crippen LogP contribution in [0.25, 0.3) is 0 Å². The van der Waals surface area contributed by atoms with Gasteiger partial charge in [-0.2, -0.15) is 0 Å². The first-order chi connectivity index (χ1) is 11.6. The van der Waals surface area contributed by atoms with Gasteiger partial charge in [0.1, 0.15) is 24.7 Å². The van der Waals surface area contributed by atoms with E-state index in [0.717, 1.165) is 17.2 Å². The predicted octanol–water partition coefficient (Wildman–Crippen LogP) is 1.62. The summed E-state index contributed by atoms with van der Waals surface area (Å²) >= 11 is 0. The molecule has 0 saturated heterocycles. The zero-order chi connectivity index (χ0) is 17.4. The van der Waals surface area contributed by atoms with Crippen LogP contribution in [0.4, 0.5) is 5.69 Å². The number of amides is 1. The van der Waals surface area contributed by atoms with E-state index in [1.165, 1.54) is 0 Å². The third-order valence-corrected chi connectivity index (χ3v) is 4.01. The number of quaternary nitrogens is 1. The Morgan fingerprint density at radius 1 is 1.12 bits per heavy atom. The molecular weight excluding hydrogens is 304 g/mol. The van der Waals surface area contributed by atoms with E-state index in [-0.39, 0.29) is 11.9 Å². The molecule has 2 aromatic rings. The summed E-state index contributed by atoms with van der Waals surface area (Å²) in [5.41, 5.74) is 0.685. The van der Waals surface area contributed by atoms with Gasteiger partial charge in [-0.3, -0.25) is 4.79 Å². The van der Waals surface area contributed by atoms with Crippen LogP contribution in [0.5, 0.6) is 11.5 Å². The maximum absolute atomic E-state index is 12.4. The van der Waals surface area contributed by atoms with Crippen molar-refractivity contribution in [3.63, 3.8) is 0 Å². The lowest BCUT2D eigenvalue weighted by Gasteiger charge is -2.21. The van der Waals surface area contributed by atoms with Crippen molar-refractivity contribution in [2.45, 2.75) is 13.0 Å². The molecule has 24 heavy (non-hydrogen) atoms. The average molecular weight is 329 g/mol. The molecule has 128 valence electrons. The standard InChI is InChI=1S/C19H24N2O3/c1-15(19(22)20-17-11-7-8-12-18(17)23-3)21(2)13-14-24-16-9-5-4-6-10-16/h4-12,15H,13-14H2,1-3H3,(H,20,22)/p+1/t15-/m1/s1. The van der Waals surface area contributed by atoms with E-state index in [1.807, 2.05) is 68.6 Å². The molecule has 0 saturated carbocycles. The molecule has 1 amide bonds. The Labute approximate surface area is 143 Å². The smallest absolute Gasteiger partial charge is 0.282 e. The fraction of sp³-hybridized carbons (Fsp3) is 0.316. The Morgan fingerprint density at radius 3 is 2.50 bits per heavy atom. The van der Waals surface area contributed by atoms with Gasteiger partial charge in [0.05, 0.1) is 19.8 Å². The molecular formula is C19H25N2O3+. The highest BCUT2D eigenvalue weighted by Gasteiger charge is 2.22. The Kier molecular flexibility index (Phi) is 6.63. The van der Waals surface area contributed by atoms with E-state index in [9.17, 15) is 4.79 Å². The lowest BCUT2D eigenvalue weighted by atomic mass is 10.2. The van der Waals surface area contributed by atoms with Crippen LogP contribution in [0, 0.1) is 0 Å². The maximum Gasteiger partial charge on any atom is 0.282 e. The zero-order valence-corrected chi connectivity index (χ0v) is 14.4. The predicted molar refractivity (Wildman–Crippen MR) is 94.8 cm³/mol. The van der Waals surface area contributed by atoms with Gasteiger partial charge in [0.25, 0.3) is 5.91 Å². The summed E-state index contributed by atoms with van der Waals surface area (Å²) in [5.74, 6) is 1.45. The van der Waals surface area contributed by atoms with Gasteiger partial charge in [-0.1, -0.05) is 30.3 Å². The van der Waals surface area contributed by atoms with Crippen LogP contribution in [-0.4, -0.2) is 39.3 Å². The van der Waals surface area contributed by atoms with Gasteiger partial charge in [0.2, 0.25) is 0 Å².